The van der Waals surface area contributed by atoms with Crippen LogP contribution >= 0.6 is 0 Å². The fourth-order valence-corrected chi connectivity index (χ4v) is 0.967. The Morgan fingerprint density at radius 2 is 1.75 bits per heavy atom. The number of nitro groups is 1. The number of aliphatic hydroxyl groups is 2. The van der Waals surface area contributed by atoms with Crippen LogP contribution in [-0.4, -0.2) is 39.3 Å². The van der Waals surface area contributed by atoms with E-state index < -0.39 is 29.1 Å². The molecule has 2 N–H and O–H groups in total. The Morgan fingerprint density at radius 3 is 2.00 bits per heavy atom. The van der Waals surface area contributed by atoms with Gasteiger partial charge in [-0.05, 0) is 13.0 Å². The molecule has 94 valence electrons. The molecule has 0 heterocycles. The van der Waals surface area contributed by atoms with Crippen LogP contribution in [0, 0.1) is 10.1 Å². The summed E-state index contributed by atoms with van der Waals surface area (Å²) in [6, 6.07) is 0. The molecule has 0 fully saturated rings. The summed E-state index contributed by atoms with van der Waals surface area (Å²) in [5.41, 5.74) is -3.94. The molecule has 0 spiro atoms. The number of rotatable bonds is 4. The summed E-state index contributed by atoms with van der Waals surface area (Å²) in [5.74, 6) is -4.82. The summed E-state index contributed by atoms with van der Waals surface area (Å²) >= 11 is 0. The van der Waals surface area contributed by atoms with E-state index in [0.29, 0.717) is 0 Å². The van der Waals surface area contributed by atoms with Crippen LogP contribution in [0.3, 0.4) is 0 Å². The molecule has 0 bridgehead atoms. The molecule has 0 radical (unpaired) electrons. The van der Waals surface area contributed by atoms with Crippen LogP contribution in [0.15, 0.2) is 12.2 Å². The molecule has 0 amide bonds. The summed E-state index contributed by atoms with van der Waals surface area (Å²) in [5, 5.41) is 27.3. The number of allylic oxidation sites excluding steroid dienone is 1. The highest BCUT2D eigenvalue weighted by Crippen LogP contribution is 2.40. The second-order valence-corrected chi connectivity index (χ2v) is 3.02. The SMILES string of the molecule is C/C=C/C(F)(C[N+](=O)[O-])C(O)(O)C(F)(F)F. The zero-order valence-corrected chi connectivity index (χ0v) is 8.03. The van der Waals surface area contributed by atoms with E-state index in [0.717, 1.165) is 13.0 Å². The molecule has 0 aromatic heterocycles. The number of hydrogen-bond donors (Lipinski definition) is 2. The molecule has 0 aliphatic heterocycles. The van der Waals surface area contributed by atoms with Crippen LogP contribution in [0.1, 0.15) is 6.92 Å². The Hall–Kier alpha value is -1.22. The molecule has 0 aliphatic carbocycles. The Balaban J connectivity index is 5.43. The van der Waals surface area contributed by atoms with E-state index in [2.05, 4.69) is 0 Å². The van der Waals surface area contributed by atoms with Gasteiger partial charge in [-0.25, -0.2) is 4.39 Å². The van der Waals surface area contributed by atoms with Crippen LogP contribution in [0.25, 0.3) is 0 Å². The maximum atomic E-state index is 13.6. The van der Waals surface area contributed by atoms with E-state index in [1.807, 2.05) is 0 Å². The highest BCUT2D eigenvalue weighted by molar-refractivity contribution is 5.10. The molecular formula is C7H9F4NO4. The van der Waals surface area contributed by atoms with Gasteiger partial charge >= 0.3 is 12.0 Å². The number of nitrogens with zero attached hydrogens (tertiary/aromatic N) is 1. The standard InChI is InChI=1S/C7H9F4NO4/c1-2-3-5(8,4-12(15)16)6(13,14)7(9,10)11/h2-3,13-14H,4H2,1H3/b3-2+. The lowest BCUT2D eigenvalue weighted by atomic mass is 9.93. The minimum Gasteiger partial charge on any atom is -0.356 e. The first-order chi connectivity index (χ1) is 6.98. The smallest absolute Gasteiger partial charge is 0.356 e. The fraction of sp³-hybridized carbons (Fsp3) is 0.714. The quantitative estimate of drug-likeness (QED) is 0.253. The van der Waals surface area contributed by atoms with Crippen molar-refractivity contribution < 1.29 is 32.7 Å². The average molecular weight is 247 g/mol. The fourth-order valence-electron chi connectivity index (χ4n) is 0.967. The third kappa shape index (κ3) is 2.67. The zero-order chi connectivity index (χ0) is 13.2. The molecule has 0 saturated carbocycles. The largest absolute Gasteiger partial charge is 0.447 e. The van der Waals surface area contributed by atoms with Crippen molar-refractivity contribution >= 4 is 0 Å². The van der Waals surface area contributed by atoms with Gasteiger partial charge in [0.15, 0.2) is 0 Å². The molecule has 1 atom stereocenters. The van der Waals surface area contributed by atoms with Gasteiger partial charge in [-0.1, -0.05) is 6.08 Å². The van der Waals surface area contributed by atoms with Gasteiger partial charge in [0.25, 0.3) is 5.67 Å². The molecule has 0 aromatic rings. The molecule has 0 aromatic carbocycles. The molecule has 0 aliphatic rings. The Morgan fingerprint density at radius 1 is 1.31 bits per heavy atom. The van der Waals surface area contributed by atoms with E-state index >= 15 is 0 Å². The van der Waals surface area contributed by atoms with Gasteiger partial charge in [-0.15, -0.1) is 0 Å². The third-order valence-corrected chi connectivity index (χ3v) is 1.76. The molecule has 0 rings (SSSR count). The van der Waals surface area contributed by atoms with Crippen molar-refractivity contribution in [3.8, 4) is 0 Å². The molecule has 5 nitrogen and oxygen atoms in total. The average Bonchev–Trinajstić information content (AvgIpc) is 2.00. The van der Waals surface area contributed by atoms with Gasteiger partial charge in [0.05, 0.1) is 0 Å². The van der Waals surface area contributed by atoms with Crippen molar-refractivity contribution in [1.82, 2.24) is 0 Å². The Labute approximate surface area is 87.1 Å². The number of halogens is 4. The summed E-state index contributed by atoms with van der Waals surface area (Å²) < 4.78 is 49.9. The minimum absolute atomic E-state index is 0.0866. The van der Waals surface area contributed by atoms with E-state index in [4.69, 9.17) is 10.2 Å². The second-order valence-electron chi connectivity index (χ2n) is 3.02. The predicted molar refractivity (Wildman–Crippen MR) is 43.7 cm³/mol. The third-order valence-electron chi connectivity index (χ3n) is 1.76. The van der Waals surface area contributed by atoms with Crippen molar-refractivity contribution in [1.29, 1.82) is 0 Å². The summed E-state index contributed by atoms with van der Waals surface area (Å²) in [6.07, 6.45) is -4.95. The van der Waals surface area contributed by atoms with Gasteiger partial charge in [-0.3, -0.25) is 10.1 Å². The lowest BCUT2D eigenvalue weighted by molar-refractivity contribution is -0.516. The first-order valence-corrected chi connectivity index (χ1v) is 3.94. The maximum Gasteiger partial charge on any atom is 0.447 e. The predicted octanol–water partition coefficient (Wildman–Crippen LogP) is 0.791. The maximum absolute atomic E-state index is 13.6. The first-order valence-electron chi connectivity index (χ1n) is 3.94. The van der Waals surface area contributed by atoms with E-state index in [1.54, 1.807) is 0 Å². The van der Waals surface area contributed by atoms with Gasteiger partial charge in [0, 0.05) is 4.92 Å². The monoisotopic (exact) mass is 247 g/mol. The van der Waals surface area contributed by atoms with Crippen molar-refractivity contribution in [3.05, 3.63) is 22.3 Å². The van der Waals surface area contributed by atoms with Crippen molar-refractivity contribution in [2.45, 2.75) is 24.6 Å². The van der Waals surface area contributed by atoms with Crippen molar-refractivity contribution in [2.24, 2.45) is 0 Å². The molecule has 16 heavy (non-hydrogen) atoms. The minimum atomic E-state index is -5.75. The lowest BCUT2D eigenvalue weighted by Crippen LogP contribution is -2.62. The van der Waals surface area contributed by atoms with Crippen LogP contribution in [0.5, 0.6) is 0 Å². The molecular weight excluding hydrogens is 238 g/mol. The van der Waals surface area contributed by atoms with Crippen molar-refractivity contribution in [3.63, 3.8) is 0 Å². The summed E-state index contributed by atoms with van der Waals surface area (Å²) in [4.78, 5) is 8.60. The van der Waals surface area contributed by atoms with Crippen molar-refractivity contribution in [2.75, 3.05) is 6.54 Å². The van der Waals surface area contributed by atoms with Gasteiger partial charge in [-0.2, -0.15) is 13.2 Å². The van der Waals surface area contributed by atoms with Crippen LogP contribution in [0.4, 0.5) is 17.6 Å². The number of alkyl halides is 4. The van der Waals surface area contributed by atoms with Gasteiger partial charge < -0.3 is 10.2 Å². The van der Waals surface area contributed by atoms with E-state index in [9.17, 15) is 27.7 Å². The summed E-state index contributed by atoms with van der Waals surface area (Å²) in [7, 11) is 0. The Kier molecular flexibility index (Phi) is 4.01. The highest BCUT2D eigenvalue weighted by atomic mass is 19.4. The first kappa shape index (κ1) is 14.8. The van der Waals surface area contributed by atoms with Crippen LogP contribution < -0.4 is 0 Å². The van der Waals surface area contributed by atoms with E-state index in [1.165, 1.54) is 0 Å². The normalized spacial score (nSPS) is 17.4. The molecule has 0 saturated heterocycles. The van der Waals surface area contributed by atoms with Gasteiger partial charge in [0.1, 0.15) is 0 Å². The summed E-state index contributed by atoms with van der Waals surface area (Å²) in [6.45, 7) is -0.829. The lowest BCUT2D eigenvalue weighted by Gasteiger charge is -2.33. The van der Waals surface area contributed by atoms with E-state index in [-0.39, 0.29) is 6.08 Å². The molecule has 1 unspecified atom stereocenters. The van der Waals surface area contributed by atoms with Gasteiger partial charge in [0.2, 0.25) is 6.54 Å². The number of hydrogen-bond acceptors (Lipinski definition) is 4. The van der Waals surface area contributed by atoms with Crippen LogP contribution in [-0.2, 0) is 0 Å². The second kappa shape index (κ2) is 4.34. The zero-order valence-electron chi connectivity index (χ0n) is 8.03. The topological polar surface area (TPSA) is 83.6 Å². The molecule has 9 heteroatoms. The highest BCUT2D eigenvalue weighted by Gasteiger charge is 2.68. The van der Waals surface area contributed by atoms with Crippen LogP contribution in [0.2, 0.25) is 0 Å². The Bertz CT molecular complexity index is 301.